The normalized spacial score (nSPS) is 18.2. The number of likely N-dealkylation sites (tertiary alicyclic amines) is 1. The third kappa shape index (κ3) is 4.76. The van der Waals surface area contributed by atoms with E-state index >= 15 is 0 Å². The summed E-state index contributed by atoms with van der Waals surface area (Å²) in [7, 11) is 4.15. The number of hydrogen-bond acceptors (Lipinski definition) is 3. The summed E-state index contributed by atoms with van der Waals surface area (Å²) in [4.78, 5) is 16.4. The summed E-state index contributed by atoms with van der Waals surface area (Å²) in [6, 6.07) is 17.7. The molecule has 164 valence electrons. The highest BCUT2D eigenvalue weighted by Crippen LogP contribution is 2.34. The van der Waals surface area contributed by atoms with Crippen LogP contribution in [-0.2, 0) is 17.6 Å². The molecule has 2 N–H and O–H groups in total. The summed E-state index contributed by atoms with van der Waals surface area (Å²) in [6.07, 6.45) is 8.11. The number of piperidine rings is 1. The number of nitrogens with zero attached hydrogens (tertiary/aromatic N) is 2. The number of primary amides is 1. The molecule has 0 saturated carbocycles. The van der Waals surface area contributed by atoms with Gasteiger partial charge in [-0.2, -0.15) is 0 Å². The van der Waals surface area contributed by atoms with Crippen molar-refractivity contribution >= 4 is 11.5 Å². The minimum absolute atomic E-state index is 0.0834. The molecule has 0 aromatic heterocycles. The molecule has 1 amide bonds. The molecule has 0 unspecified atom stereocenters. The molecule has 2 aromatic rings. The van der Waals surface area contributed by atoms with E-state index < -0.39 is 0 Å². The lowest BCUT2D eigenvalue weighted by Crippen LogP contribution is -2.54. The quantitative estimate of drug-likeness (QED) is 0.776. The van der Waals surface area contributed by atoms with Crippen molar-refractivity contribution in [3.63, 3.8) is 0 Å². The Morgan fingerprint density at radius 3 is 2.06 bits per heavy atom. The molecule has 1 fully saturated rings. The predicted octanol–water partition coefficient (Wildman–Crippen LogP) is 3.88. The third-order valence-corrected chi connectivity index (χ3v) is 7.31. The van der Waals surface area contributed by atoms with Gasteiger partial charge in [0.2, 0.25) is 5.91 Å². The SMILES string of the molecule is CN(C)C1(CC(N)=O)CCN(CCC=C2c3ccccc3CCc3ccccc32)CC1. The van der Waals surface area contributed by atoms with Crippen LogP contribution in [0.4, 0.5) is 0 Å². The van der Waals surface area contributed by atoms with E-state index in [2.05, 4.69) is 78.5 Å². The van der Waals surface area contributed by atoms with Gasteiger partial charge < -0.3 is 15.5 Å². The molecule has 2 aliphatic rings. The van der Waals surface area contributed by atoms with Gasteiger partial charge in [-0.1, -0.05) is 54.6 Å². The van der Waals surface area contributed by atoms with Crippen molar-refractivity contribution in [2.75, 3.05) is 33.7 Å². The molecule has 31 heavy (non-hydrogen) atoms. The first kappa shape index (κ1) is 21.8. The van der Waals surface area contributed by atoms with Gasteiger partial charge in [0.25, 0.3) is 0 Å². The van der Waals surface area contributed by atoms with Gasteiger partial charge in [0.1, 0.15) is 0 Å². The second-order valence-electron chi connectivity index (χ2n) is 9.32. The van der Waals surface area contributed by atoms with Gasteiger partial charge in [-0.05, 0) is 87.1 Å². The molecule has 0 spiro atoms. The second kappa shape index (κ2) is 9.37. The van der Waals surface area contributed by atoms with Crippen molar-refractivity contribution in [3.8, 4) is 0 Å². The van der Waals surface area contributed by atoms with Crippen LogP contribution in [-0.4, -0.2) is 55.0 Å². The number of carbonyl (C=O) groups excluding carboxylic acids is 1. The van der Waals surface area contributed by atoms with E-state index in [1.807, 2.05) is 0 Å². The fraction of sp³-hybridized carbons (Fsp3) is 0.444. The van der Waals surface area contributed by atoms with Crippen molar-refractivity contribution in [2.45, 2.75) is 44.1 Å². The van der Waals surface area contributed by atoms with Gasteiger partial charge in [-0.15, -0.1) is 0 Å². The van der Waals surface area contributed by atoms with E-state index in [9.17, 15) is 4.79 Å². The Hall–Kier alpha value is -2.43. The summed E-state index contributed by atoms with van der Waals surface area (Å²) in [5.41, 5.74) is 12.5. The van der Waals surface area contributed by atoms with Gasteiger partial charge in [0.15, 0.2) is 0 Å². The van der Waals surface area contributed by atoms with Crippen molar-refractivity contribution in [2.24, 2.45) is 5.73 Å². The highest BCUT2D eigenvalue weighted by Gasteiger charge is 2.37. The number of hydrogen-bond donors (Lipinski definition) is 1. The molecule has 1 aliphatic carbocycles. The molecular weight excluding hydrogens is 382 g/mol. The number of benzene rings is 2. The van der Waals surface area contributed by atoms with E-state index in [0.29, 0.717) is 6.42 Å². The average molecular weight is 418 g/mol. The van der Waals surface area contributed by atoms with E-state index in [-0.39, 0.29) is 11.4 Å². The maximum atomic E-state index is 11.6. The highest BCUT2D eigenvalue weighted by atomic mass is 16.1. The highest BCUT2D eigenvalue weighted by molar-refractivity contribution is 5.83. The Balaban J connectivity index is 1.47. The summed E-state index contributed by atoms with van der Waals surface area (Å²) in [6.45, 7) is 3.08. The lowest BCUT2D eigenvalue weighted by atomic mass is 9.83. The standard InChI is InChI=1S/C27H35N3O/c1-29(2)27(20-26(28)31)15-18-30(19-16-27)17-7-12-25-23-10-5-3-8-21(23)13-14-22-9-4-6-11-24(22)25/h3-6,8-12H,7,13-20H2,1-2H3,(H2,28,31). The van der Waals surface area contributed by atoms with Crippen LogP contribution in [0, 0.1) is 0 Å². The van der Waals surface area contributed by atoms with Gasteiger partial charge >= 0.3 is 0 Å². The van der Waals surface area contributed by atoms with Crippen LogP contribution in [0.3, 0.4) is 0 Å². The van der Waals surface area contributed by atoms with Crippen molar-refractivity contribution in [1.29, 1.82) is 0 Å². The number of nitrogens with two attached hydrogens (primary N) is 1. The summed E-state index contributed by atoms with van der Waals surface area (Å²) >= 11 is 0. The molecule has 2 aromatic carbocycles. The fourth-order valence-corrected chi connectivity index (χ4v) is 5.33. The molecule has 0 radical (unpaired) electrons. The Bertz CT molecular complexity index is 905. The average Bonchev–Trinajstić information content (AvgIpc) is 2.92. The predicted molar refractivity (Wildman–Crippen MR) is 128 cm³/mol. The lowest BCUT2D eigenvalue weighted by molar-refractivity contribution is -0.121. The molecule has 1 heterocycles. The zero-order valence-electron chi connectivity index (χ0n) is 18.9. The largest absolute Gasteiger partial charge is 0.370 e. The van der Waals surface area contributed by atoms with Crippen LogP contribution < -0.4 is 5.73 Å². The first-order valence-corrected chi connectivity index (χ1v) is 11.5. The van der Waals surface area contributed by atoms with Crippen molar-refractivity contribution in [3.05, 3.63) is 76.9 Å². The lowest BCUT2D eigenvalue weighted by Gasteiger charge is -2.45. The molecule has 4 heteroatoms. The Kier molecular flexibility index (Phi) is 6.59. The van der Waals surface area contributed by atoms with Crippen LogP contribution in [0.25, 0.3) is 5.57 Å². The van der Waals surface area contributed by atoms with E-state index in [0.717, 1.165) is 51.7 Å². The van der Waals surface area contributed by atoms with E-state index in [1.165, 1.54) is 27.8 Å². The molecule has 0 atom stereocenters. The van der Waals surface area contributed by atoms with E-state index in [4.69, 9.17) is 5.73 Å². The molecule has 1 saturated heterocycles. The fourth-order valence-electron chi connectivity index (χ4n) is 5.33. The van der Waals surface area contributed by atoms with Gasteiger partial charge in [0, 0.05) is 18.5 Å². The van der Waals surface area contributed by atoms with Crippen molar-refractivity contribution in [1.82, 2.24) is 9.80 Å². The summed E-state index contributed by atoms with van der Waals surface area (Å²) in [5.74, 6) is -0.197. The molecular formula is C27H35N3O. The molecule has 0 bridgehead atoms. The molecule has 4 rings (SSSR count). The summed E-state index contributed by atoms with van der Waals surface area (Å²) < 4.78 is 0. The minimum atomic E-state index is -0.197. The number of amides is 1. The number of rotatable bonds is 6. The minimum Gasteiger partial charge on any atom is -0.370 e. The maximum Gasteiger partial charge on any atom is 0.219 e. The van der Waals surface area contributed by atoms with Crippen LogP contribution in [0.2, 0.25) is 0 Å². The van der Waals surface area contributed by atoms with Crippen molar-refractivity contribution < 1.29 is 4.79 Å². The number of fused-ring (bicyclic) bond motifs is 2. The topological polar surface area (TPSA) is 49.6 Å². The van der Waals surface area contributed by atoms with E-state index in [1.54, 1.807) is 0 Å². The van der Waals surface area contributed by atoms with Crippen LogP contribution in [0.15, 0.2) is 54.6 Å². The van der Waals surface area contributed by atoms with Gasteiger partial charge in [-0.3, -0.25) is 4.79 Å². The maximum absolute atomic E-state index is 11.6. The smallest absolute Gasteiger partial charge is 0.219 e. The van der Waals surface area contributed by atoms with Gasteiger partial charge in [0.05, 0.1) is 0 Å². The summed E-state index contributed by atoms with van der Waals surface area (Å²) in [5, 5.41) is 0. The monoisotopic (exact) mass is 417 g/mol. The Morgan fingerprint density at radius 2 is 1.55 bits per heavy atom. The second-order valence-corrected chi connectivity index (χ2v) is 9.32. The number of aryl methyl sites for hydroxylation is 2. The molecule has 1 aliphatic heterocycles. The van der Waals surface area contributed by atoms with Crippen LogP contribution in [0.1, 0.15) is 47.9 Å². The third-order valence-electron chi connectivity index (χ3n) is 7.31. The molecule has 4 nitrogen and oxygen atoms in total. The zero-order chi connectivity index (χ0) is 21.8. The first-order valence-electron chi connectivity index (χ1n) is 11.5. The Morgan fingerprint density at radius 1 is 1.00 bits per heavy atom. The van der Waals surface area contributed by atoms with Gasteiger partial charge in [-0.25, -0.2) is 0 Å². The Labute approximate surface area is 186 Å². The van der Waals surface area contributed by atoms with Crippen LogP contribution in [0.5, 0.6) is 0 Å². The van der Waals surface area contributed by atoms with Crippen LogP contribution >= 0.6 is 0 Å². The zero-order valence-corrected chi connectivity index (χ0v) is 18.9. The first-order chi connectivity index (χ1) is 15.0. The number of carbonyl (C=O) groups is 1.